The zero-order chi connectivity index (χ0) is 38.2. The van der Waals surface area contributed by atoms with E-state index in [9.17, 15) is 23.9 Å². The maximum atomic E-state index is 14.4. The SMILES string of the molecule is CC(C)(C)[Si](C)(C)O[C@@H]1C=C(COP(=O)(O)O)O[C@@]1(C(c1cccc2c1Cc1ccccc1-2)c1cccc2c1Cc1ccccc1-2)n1ccc(=O)[nH]c1=O. The fraction of sp³-hybridized carbons (Fsp3) is 0.286. The van der Waals surface area contributed by atoms with E-state index in [0.29, 0.717) is 12.8 Å². The first-order chi connectivity index (χ1) is 25.6. The highest BCUT2D eigenvalue weighted by molar-refractivity contribution is 7.46. The summed E-state index contributed by atoms with van der Waals surface area (Å²) in [6.07, 6.45) is 3.42. The zero-order valence-electron chi connectivity index (χ0n) is 30.8. The Kier molecular flexibility index (Phi) is 8.76. The van der Waals surface area contributed by atoms with E-state index >= 15 is 0 Å². The van der Waals surface area contributed by atoms with Gasteiger partial charge in [-0.1, -0.05) is 106 Å². The Morgan fingerprint density at radius 1 is 0.852 bits per heavy atom. The van der Waals surface area contributed by atoms with Crippen LogP contribution in [-0.2, 0) is 36.8 Å². The summed E-state index contributed by atoms with van der Waals surface area (Å²) in [7, 11) is -7.64. The highest BCUT2D eigenvalue weighted by atomic mass is 31.2. The van der Waals surface area contributed by atoms with Gasteiger partial charge in [-0.15, -0.1) is 0 Å². The topological polar surface area (TPSA) is 140 Å². The first-order valence-electron chi connectivity index (χ1n) is 18.1. The Morgan fingerprint density at radius 2 is 1.39 bits per heavy atom. The molecule has 0 fully saturated rings. The molecule has 3 aliphatic rings. The number of nitrogens with zero attached hydrogens (tertiary/aromatic N) is 1. The van der Waals surface area contributed by atoms with Gasteiger partial charge in [0.2, 0.25) is 5.72 Å². The molecule has 12 heteroatoms. The summed E-state index contributed by atoms with van der Waals surface area (Å²) >= 11 is 0. The summed E-state index contributed by atoms with van der Waals surface area (Å²) in [5, 5.41) is -0.283. The number of nitrogens with one attached hydrogen (secondary N) is 1. The summed E-state index contributed by atoms with van der Waals surface area (Å²) < 4.78 is 32.9. The van der Waals surface area contributed by atoms with Gasteiger partial charge in [-0.05, 0) is 92.7 Å². The third-order valence-electron chi connectivity index (χ3n) is 11.7. The van der Waals surface area contributed by atoms with E-state index in [1.807, 2.05) is 36.4 Å². The lowest BCUT2D eigenvalue weighted by atomic mass is 9.75. The minimum Gasteiger partial charge on any atom is -0.465 e. The molecule has 278 valence electrons. The second-order valence-electron chi connectivity index (χ2n) is 15.9. The van der Waals surface area contributed by atoms with Crippen molar-refractivity contribution in [2.75, 3.05) is 6.61 Å². The van der Waals surface area contributed by atoms with Gasteiger partial charge in [0.25, 0.3) is 5.56 Å². The average Bonchev–Trinajstić information content (AvgIpc) is 3.79. The Morgan fingerprint density at radius 3 is 1.91 bits per heavy atom. The van der Waals surface area contributed by atoms with Gasteiger partial charge < -0.3 is 18.9 Å². The summed E-state index contributed by atoms with van der Waals surface area (Å²) in [5.74, 6) is -0.662. The first kappa shape index (κ1) is 36.4. The number of fused-ring (bicyclic) bond motifs is 6. The summed E-state index contributed by atoms with van der Waals surface area (Å²) in [6, 6.07) is 30.3. The van der Waals surface area contributed by atoms with Gasteiger partial charge in [-0.25, -0.2) is 9.36 Å². The number of hydrogen-bond acceptors (Lipinski definition) is 6. The first-order valence-corrected chi connectivity index (χ1v) is 22.5. The van der Waals surface area contributed by atoms with Crippen molar-refractivity contribution in [3.8, 4) is 22.3 Å². The normalized spacial score (nSPS) is 18.9. The molecule has 2 aliphatic carbocycles. The van der Waals surface area contributed by atoms with E-state index in [0.717, 1.165) is 44.5 Å². The molecular formula is C42H43N2O8PSi. The van der Waals surface area contributed by atoms with Crippen LogP contribution >= 0.6 is 7.82 Å². The van der Waals surface area contributed by atoms with Crippen LogP contribution in [0.3, 0.4) is 0 Å². The van der Waals surface area contributed by atoms with Crippen LogP contribution in [0.2, 0.25) is 18.1 Å². The van der Waals surface area contributed by atoms with E-state index < -0.39 is 51.7 Å². The molecule has 1 aliphatic heterocycles. The molecule has 3 N–H and O–H groups in total. The van der Waals surface area contributed by atoms with Gasteiger partial charge in [0.05, 0.1) is 5.92 Å². The molecule has 0 spiro atoms. The minimum atomic E-state index is -4.93. The van der Waals surface area contributed by atoms with Crippen molar-refractivity contribution in [3.05, 3.63) is 163 Å². The van der Waals surface area contributed by atoms with Crippen molar-refractivity contribution in [2.24, 2.45) is 0 Å². The number of ether oxygens (including phenoxy) is 1. The largest absolute Gasteiger partial charge is 0.470 e. The van der Waals surface area contributed by atoms with Crippen LogP contribution in [0.1, 0.15) is 60.1 Å². The van der Waals surface area contributed by atoms with E-state index in [1.165, 1.54) is 28.0 Å². The number of H-pyrrole nitrogens is 1. The minimum absolute atomic E-state index is 0.0943. The molecule has 54 heavy (non-hydrogen) atoms. The molecule has 5 aromatic rings. The lowest BCUT2D eigenvalue weighted by molar-refractivity contribution is -0.126. The van der Waals surface area contributed by atoms with Crippen LogP contribution in [0.5, 0.6) is 0 Å². The van der Waals surface area contributed by atoms with Crippen molar-refractivity contribution in [2.45, 2.75) is 69.5 Å². The van der Waals surface area contributed by atoms with Crippen LogP contribution in [0, 0.1) is 0 Å². The van der Waals surface area contributed by atoms with Gasteiger partial charge in [0.1, 0.15) is 18.5 Å². The fourth-order valence-electron chi connectivity index (χ4n) is 8.19. The van der Waals surface area contributed by atoms with Crippen LogP contribution in [-0.4, -0.2) is 40.4 Å². The number of benzene rings is 4. The van der Waals surface area contributed by atoms with Crippen LogP contribution < -0.4 is 11.2 Å². The van der Waals surface area contributed by atoms with Gasteiger partial charge in [0.15, 0.2) is 8.32 Å². The molecule has 0 saturated heterocycles. The third kappa shape index (κ3) is 6.09. The molecule has 0 radical (unpaired) electrons. The molecule has 2 heterocycles. The molecule has 0 bridgehead atoms. The number of aromatic amines is 1. The standard InChI is InChI=1S/C42H43N2O8PSi/c1-41(2,3)54(4,5)52-37-24-28(25-50-53(47,48)49)51-42(37,44-21-20-38(45)43-40(44)46)39(33-18-10-16-31-29-14-8-6-12-26(29)22-35(31)33)34-19-11-17-32-30-15-9-7-13-27(30)23-36(32)34/h6-21,24,37,39H,22-23,25H2,1-5H3,(H,43,45,46)(H2,47,48,49)/t37-,42+/m1/s1. The van der Waals surface area contributed by atoms with Crippen molar-refractivity contribution >= 4 is 16.1 Å². The number of phosphoric acid groups is 1. The van der Waals surface area contributed by atoms with E-state index in [-0.39, 0.29) is 10.8 Å². The zero-order valence-corrected chi connectivity index (χ0v) is 32.7. The van der Waals surface area contributed by atoms with Crippen LogP contribution in [0.25, 0.3) is 22.3 Å². The Labute approximate surface area is 314 Å². The van der Waals surface area contributed by atoms with Crippen LogP contribution in [0.4, 0.5) is 0 Å². The molecule has 8 rings (SSSR count). The molecule has 1 aromatic heterocycles. The average molecular weight is 763 g/mol. The van der Waals surface area contributed by atoms with E-state index in [2.05, 4.69) is 87.4 Å². The second-order valence-corrected chi connectivity index (χ2v) is 21.9. The lowest BCUT2D eigenvalue weighted by Gasteiger charge is -2.47. The second kappa shape index (κ2) is 13.0. The highest BCUT2D eigenvalue weighted by Gasteiger charge is 2.59. The number of hydrogen-bond donors (Lipinski definition) is 3. The van der Waals surface area contributed by atoms with Gasteiger partial charge in [-0.3, -0.25) is 18.9 Å². The number of phosphoric ester groups is 1. The smallest absolute Gasteiger partial charge is 0.465 e. The summed E-state index contributed by atoms with van der Waals surface area (Å²) in [6.45, 7) is 9.98. The van der Waals surface area contributed by atoms with Gasteiger partial charge in [0, 0.05) is 12.3 Å². The summed E-state index contributed by atoms with van der Waals surface area (Å²) in [4.78, 5) is 49.1. The maximum Gasteiger partial charge on any atom is 0.470 e. The van der Waals surface area contributed by atoms with Gasteiger partial charge >= 0.3 is 13.5 Å². The maximum absolute atomic E-state index is 14.4. The van der Waals surface area contributed by atoms with E-state index in [1.54, 1.807) is 6.08 Å². The fourth-order valence-corrected chi connectivity index (χ4v) is 9.71. The van der Waals surface area contributed by atoms with Crippen molar-refractivity contribution in [1.29, 1.82) is 0 Å². The number of aromatic nitrogens is 2. The molecule has 0 unspecified atom stereocenters. The van der Waals surface area contributed by atoms with Gasteiger partial charge in [-0.2, -0.15) is 0 Å². The number of rotatable bonds is 9. The molecular weight excluding hydrogens is 720 g/mol. The van der Waals surface area contributed by atoms with Crippen molar-refractivity contribution in [1.82, 2.24) is 9.55 Å². The predicted octanol–water partition coefficient (Wildman–Crippen LogP) is 7.58. The molecule has 0 saturated carbocycles. The summed E-state index contributed by atoms with van der Waals surface area (Å²) in [5.41, 5.74) is 7.67. The third-order valence-corrected chi connectivity index (χ3v) is 16.6. The van der Waals surface area contributed by atoms with E-state index in [4.69, 9.17) is 13.7 Å². The Balaban J connectivity index is 1.46. The van der Waals surface area contributed by atoms with Crippen LogP contribution in [0.15, 0.2) is 119 Å². The highest BCUT2D eigenvalue weighted by Crippen LogP contribution is 2.56. The monoisotopic (exact) mass is 762 g/mol. The van der Waals surface area contributed by atoms with Crippen molar-refractivity contribution in [3.63, 3.8) is 0 Å². The Hall–Kier alpha value is -4.61. The molecule has 2 atom stereocenters. The Bertz CT molecular complexity index is 2410. The predicted molar refractivity (Wildman–Crippen MR) is 210 cm³/mol. The molecule has 10 nitrogen and oxygen atoms in total. The quantitative estimate of drug-likeness (QED) is 0.101. The molecule has 4 aromatic carbocycles. The van der Waals surface area contributed by atoms with Crippen molar-refractivity contribution < 1.29 is 28.0 Å². The molecule has 0 amide bonds. The lowest BCUT2D eigenvalue weighted by Crippen LogP contribution is -2.58.